The second-order valence-electron chi connectivity index (χ2n) is 6.76. The number of aromatic nitrogens is 1. The Balaban J connectivity index is 1.58. The minimum absolute atomic E-state index is 0.00390. The van der Waals surface area contributed by atoms with Crippen molar-refractivity contribution in [2.75, 3.05) is 13.2 Å². The normalized spacial score (nSPS) is 10.7. The maximum absolute atomic E-state index is 13.6. The van der Waals surface area contributed by atoms with E-state index in [1.165, 1.54) is 12.1 Å². The fourth-order valence-corrected chi connectivity index (χ4v) is 3.37. The molecule has 0 saturated heterocycles. The zero-order chi connectivity index (χ0) is 20.9. The molecule has 0 amide bonds. The number of hydrogen-bond donors (Lipinski definition) is 0. The second kappa shape index (κ2) is 8.74. The molecule has 4 aromatic rings. The molecule has 0 bridgehead atoms. The first-order chi connectivity index (χ1) is 14.6. The van der Waals surface area contributed by atoms with E-state index in [0.717, 1.165) is 27.7 Å². The molecule has 0 fully saturated rings. The van der Waals surface area contributed by atoms with Gasteiger partial charge in [-0.25, -0.2) is 14.2 Å². The van der Waals surface area contributed by atoms with Crippen molar-refractivity contribution >= 4 is 16.9 Å². The third-order valence-corrected chi connectivity index (χ3v) is 4.80. The third-order valence-electron chi connectivity index (χ3n) is 4.80. The van der Waals surface area contributed by atoms with Gasteiger partial charge >= 0.3 is 5.97 Å². The van der Waals surface area contributed by atoms with Crippen molar-refractivity contribution < 1.29 is 18.7 Å². The lowest BCUT2D eigenvalue weighted by atomic mass is 9.98. The van der Waals surface area contributed by atoms with Crippen LogP contribution in [0, 0.1) is 12.7 Å². The lowest BCUT2D eigenvalue weighted by molar-refractivity contribution is 0.0450. The predicted octanol–water partition coefficient (Wildman–Crippen LogP) is 5.59. The molecule has 30 heavy (non-hydrogen) atoms. The quantitative estimate of drug-likeness (QED) is 0.312. The van der Waals surface area contributed by atoms with Crippen LogP contribution in [0.2, 0.25) is 0 Å². The molecule has 0 saturated carbocycles. The van der Waals surface area contributed by atoms with E-state index in [1.54, 1.807) is 12.1 Å². The van der Waals surface area contributed by atoms with Crippen LogP contribution >= 0.6 is 0 Å². The molecule has 0 N–H and O–H groups in total. The van der Waals surface area contributed by atoms with E-state index >= 15 is 0 Å². The van der Waals surface area contributed by atoms with Crippen LogP contribution in [0.1, 0.15) is 15.9 Å². The summed E-state index contributed by atoms with van der Waals surface area (Å²) in [5, 5.41) is 0.731. The number of para-hydroxylation sites is 2. The zero-order valence-electron chi connectivity index (χ0n) is 16.5. The molecular weight excluding hydrogens is 381 g/mol. The van der Waals surface area contributed by atoms with Crippen LogP contribution in [0.4, 0.5) is 4.39 Å². The fraction of sp³-hybridized carbons (Fsp3) is 0.120. The van der Waals surface area contributed by atoms with E-state index in [0.29, 0.717) is 5.56 Å². The van der Waals surface area contributed by atoms with Gasteiger partial charge in [-0.05, 0) is 30.7 Å². The van der Waals surface area contributed by atoms with Gasteiger partial charge in [0.15, 0.2) is 11.6 Å². The van der Waals surface area contributed by atoms with Crippen LogP contribution in [0.25, 0.3) is 22.2 Å². The minimum Gasteiger partial charge on any atom is -0.487 e. The summed E-state index contributed by atoms with van der Waals surface area (Å²) in [4.78, 5) is 17.7. The van der Waals surface area contributed by atoms with Crippen molar-refractivity contribution in [3.63, 3.8) is 0 Å². The molecule has 0 atom stereocenters. The second-order valence-corrected chi connectivity index (χ2v) is 6.76. The van der Waals surface area contributed by atoms with Gasteiger partial charge in [-0.3, -0.25) is 0 Å². The van der Waals surface area contributed by atoms with Crippen LogP contribution < -0.4 is 4.74 Å². The van der Waals surface area contributed by atoms with E-state index in [-0.39, 0.29) is 19.0 Å². The van der Waals surface area contributed by atoms with E-state index in [2.05, 4.69) is 0 Å². The molecule has 0 spiro atoms. The van der Waals surface area contributed by atoms with E-state index in [9.17, 15) is 9.18 Å². The molecule has 0 aliphatic carbocycles. The van der Waals surface area contributed by atoms with E-state index in [1.807, 2.05) is 61.5 Å². The summed E-state index contributed by atoms with van der Waals surface area (Å²) in [5.74, 6) is -0.779. The molecule has 5 heteroatoms. The minimum atomic E-state index is -0.458. The van der Waals surface area contributed by atoms with Gasteiger partial charge in [0.2, 0.25) is 0 Å². The Morgan fingerprint density at radius 1 is 0.900 bits per heavy atom. The van der Waals surface area contributed by atoms with Gasteiger partial charge < -0.3 is 9.47 Å². The van der Waals surface area contributed by atoms with Gasteiger partial charge in [-0.15, -0.1) is 0 Å². The number of nitrogens with zero attached hydrogens (tertiary/aromatic N) is 1. The molecule has 0 radical (unpaired) electrons. The highest BCUT2D eigenvalue weighted by atomic mass is 19.1. The van der Waals surface area contributed by atoms with Crippen molar-refractivity contribution in [3.8, 4) is 17.0 Å². The fourth-order valence-electron chi connectivity index (χ4n) is 3.37. The number of benzene rings is 3. The first-order valence-corrected chi connectivity index (χ1v) is 9.64. The predicted molar refractivity (Wildman–Crippen MR) is 114 cm³/mol. The summed E-state index contributed by atoms with van der Waals surface area (Å²) >= 11 is 0. The van der Waals surface area contributed by atoms with Crippen LogP contribution in [0.5, 0.6) is 5.75 Å². The zero-order valence-corrected chi connectivity index (χ0v) is 16.5. The summed E-state index contributed by atoms with van der Waals surface area (Å²) in [5.41, 5.74) is 3.61. The third kappa shape index (κ3) is 4.01. The Hall–Kier alpha value is -3.73. The van der Waals surface area contributed by atoms with Crippen LogP contribution in [0.3, 0.4) is 0 Å². The number of hydrogen-bond acceptors (Lipinski definition) is 4. The van der Waals surface area contributed by atoms with E-state index < -0.39 is 11.8 Å². The molecule has 1 aromatic heterocycles. The number of rotatable bonds is 6. The highest BCUT2D eigenvalue weighted by molar-refractivity contribution is 6.06. The monoisotopic (exact) mass is 401 g/mol. The lowest BCUT2D eigenvalue weighted by Gasteiger charge is -2.14. The Labute approximate surface area is 173 Å². The Kier molecular flexibility index (Phi) is 5.70. The maximum Gasteiger partial charge on any atom is 0.339 e. The van der Waals surface area contributed by atoms with Gasteiger partial charge in [0.25, 0.3) is 0 Å². The smallest absolute Gasteiger partial charge is 0.339 e. The maximum atomic E-state index is 13.6. The van der Waals surface area contributed by atoms with Crippen LogP contribution in [0.15, 0.2) is 78.9 Å². The van der Waals surface area contributed by atoms with Crippen molar-refractivity contribution in [3.05, 3.63) is 95.8 Å². The standard InChI is InChI=1S/C25H20FNO3/c1-17-23(25(28)30-16-15-29-22-14-8-6-12-20(22)26)19-11-5-7-13-21(19)27-24(17)18-9-3-2-4-10-18/h2-14H,15-16H2,1H3. The Morgan fingerprint density at radius 3 is 2.40 bits per heavy atom. The topological polar surface area (TPSA) is 48.4 Å². The summed E-state index contributed by atoms with van der Waals surface area (Å²) < 4.78 is 24.5. The molecular formula is C25H20FNO3. The molecule has 4 rings (SSSR count). The van der Waals surface area contributed by atoms with Crippen molar-refractivity contribution in [1.82, 2.24) is 4.98 Å². The highest BCUT2D eigenvalue weighted by Crippen LogP contribution is 2.30. The van der Waals surface area contributed by atoms with Gasteiger partial charge in [0.1, 0.15) is 13.2 Å². The molecule has 4 nitrogen and oxygen atoms in total. The van der Waals surface area contributed by atoms with Gasteiger partial charge in [-0.2, -0.15) is 0 Å². The first-order valence-electron chi connectivity index (χ1n) is 9.64. The molecule has 0 unspecified atom stereocenters. The molecule has 0 aliphatic heterocycles. The first kappa shape index (κ1) is 19.6. The molecule has 0 aliphatic rings. The summed E-state index contributed by atoms with van der Waals surface area (Å²) in [6.07, 6.45) is 0. The Morgan fingerprint density at radius 2 is 1.60 bits per heavy atom. The number of carbonyl (C=O) groups is 1. The average molecular weight is 401 g/mol. The number of carbonyl (C=O) groups excluding carboxylic acids is 1. The lowest BCUT2D eigenvalue weighted by Crippen LogP contribution is -2.15. The van der Waals surface area contributed by atoms with Gasteiger partial charge in [0, 0.05) is 10.9 Å². The highest BCUT2D eigenvalue weighted by Gasteiger charge is 2.20. The summed E-state index contributed by atoms with van der Waals surface area (Å²) in [6, 6.07) is 23.3. The summed E-state index contributed by atoms with van der Waals surface area (Å²) in [6.45, 7) is 1.93. The molecule has 150 valence electrons. The Bertz CT molecular complexity index is 1190. The average Bonchev–Trinajstić information content (AvgIpc) is 2.78. The summed E-state index contributed by atoms with van der Waals surface area (Å²) in [7, 11) is 0. The number of ether oxygens (including phenoxy) is 2. The van der Waals surface area contributed by atoms with E-state index in [4.69, 9.17) is 14.5 Å². The van der Waals surface area contributed by atoms with Gasteiger partial charge in [-0.1, -0.05) is 60.7 Å². The van der Waals surface area contributed by atoms with Crippen LogP contribution in [-0.2, 0) is 4.74 Å². The van der Waals surface area contributed by atoms with Crippen molar-refractivity contribution in [1.29, 1.82) is 0 Å². The van der Waals surface area contributed by atoms with Crippen molar-refractivity contribution in [2.24, 2.45) is 0 Å². The van der Waals surface area contributed by atoms with Crippen molar-refractivity contribution in [2.45, 2.75) is 6.92 Å². The van der Waals surface area contributed by atoms with Gasteiger partial charge in [0.05, 0.1) is 16.8 Å². The number of fused-ring (bicyclic) bond motifs is 1. The largest absolute Gasteiger partial charge is 0.487 e. The van der Waals surface area contributed by atoms with Crippen LogP contribution in [-0.4, -0.2) is 24.2 Å². The number of esters is 1. The molecule has 1 heterocycles. The SMILES string of the molecule is Cc1c(-c2ccccc2)nc2ccccc2c1C(=O)OCCOc1ccccc1F. The molecule has 3 aromatic carbocycles. The number of pyridine rings is 1. The number of halogens is 1.